The number of thiol groups is 1. The third-order valence-electron chi connectivity index (χ3n) is 3.89. The zero-order valence-electron chi connectivity index (χ0n) is 12.6. The lowest BCUT2D eigenvalue weighted by Gasteiger charge is -2.38. The Labute approximate surface area is 141 Å². The number of piperazine rings is 1. The summed E-state index contributed by atoms with van der Waals surface area (Å²) in [5, 5.41) is -0.736. The Morgan fingerprint density at radius 3 is 1.96 bits per heavy atom. The summed E-state index contributed by atoms with van der Waals surface area (Å²) in [6, 6.07) is 19.3. The Balaban J connectivity index is 1.71. The molecule has 23 heavy (non-hydrogen) atoms. The Morgan fingerprint density at radius 2 is 1.39 bits per heavy atom. The van der Waals surface area contributed by atoms with Gasteiger partial charge < -0.3 is 9.80 Å². The number of hydrogen-bond acceptors (Lipinski definition) is 3. The fourth-order valence-electron chi connectivity index (χ4n) is 2.66. The second-order valence-corrected chi connectivity index (χ2v) is 6.05. The average Bonchev–Trinajstić information content (AvgIpc) is 2.58. The van der Waals surface area contributed by atoms with Gasteiger partial charge in [0.25, 0.3) is 5.91 Å². The lowest BCUT2D eigenvalue weighted by Crippen LogP contribution is -2.57. The van der Waals surface area contributed by atoms with Crippen LogP contribution in [0.25, 0.3) is 0 Å². The Kier molecular flexibility index (Phi) is 4.67. The minimum absolute atomic E-state index is 0.0793. The molecule has 0 aromatic heterocycles. The first kappa shape index (κ1) is 15.6. The van der Waals surface area contributed by atoms with Crippen molar-refractivity contribution in [1.82, 2.24) is 9.80 Å². The van der Waals surface area contributed by atoms with Crippen LogP contribution >= 0.6 is 12.6 Å². The lowest BCUT2D eigenvalue weighted by molar-refractivity contribution is -0.152. The van der Waals surface area contributed by atoms with Gasteiger partial charge in [0.05, 0.1) is 0 Å². The van der Waals surface area contributed by atoms with Crippen molar-refractivity contribution >= 4 is 24.4 Å². The fraction of sp³-hybridized carbons (Fsp3) is 0.222. The number of carbonyl (C=O) groups excluding carboxylic acids is 2. The van der Waals surface area contributed by atoms with E-state index < -0.39 is 5.37 Å². The third kappa shape index (κ3) is 3.56. The maximum absolute atomic E-state index is 12.5. The van der Waals surface area contributed by atoms with Crippen LogP contribution in [-0.4, -0.2) is 33.5 Å². The monoisotopic (exact) mass is 326 g/mol. The highest BCUT2D eigenvalue weighted by atomic mass is 32.1. The van der Waals surface area contributed by atoms with Gasteiger partial charge in [-0.05, 0) is 11.1 Å². The van der Waals surface area contributed by atoms with Crippen LogP contribution in [0.3, 0.4) is 0 Å². The molecule has 1 aliphatic heterocycles. The van der Waals surface area contributed by atoms with Crippen molar-refractivity contribution in [3.63, 3.8) is 0 Å². The molecule has 0 N–H and O–H groups in total. The van der Waals surface area contributed by atoms with E-state index >= 15 is 0 Å². The molecule has 118 valence electrons. The molecule has 2 aromatic carbocycles. The van der Waals surface area contributed by atoms with E-state index in [1.165, 1.54) is 4.90 Å². The van der Waals surface area contributed by atoms with Crippen molar-refractivity contribution < 1.29 is 9.59 Å². The highest BCUT2D eigenvalue weighted by Gasteiger charge is 2.37. The van der Waals surface area contributed by atoms with Crippen LogP contribution in [0.5, 0.6) is 0 Å². The summed E-state index contributed by atoms with van der Waals surface area (Å²) in [4.78, 5) is 28.1. The van der Waals surface area contributed by atoms with Gasteiger partial charge in [0, 0.05) is 13.1 Å². The largest absolute Gasteiger partial charge is 0.327 e. The molecule has 2 aromatic rings. The summed E-state index contributed by atoms with van der Waals surface area (Å²) in [6.07, 6.45) is 0. The maximum Gasteiger partial charge on any atom is 0.256 e. The number of nitrogens with zero attached hydrogens (tertiary/aromatic N) is 2. The molecule has 1 fully saturated rings. The molecule has 5 heteroatoms. The van der Waals surface area contributed by atoms with Crippen LogP contribution < -0.4 is 0 Å². The fourth-order valence-corrected chi connectivity index (χ4v) is 3.03. The van der Waals surface area contributed by atoms with Crippen molar-refractivity contribution in [1.29, 1.82) is 0 Å². The molecule has 0 radical (unpaired) electrons. The summed E-state index contributed by atoms with van der Waals surface area (Å²) in [6.45, 7) is 0.929. The predicted molar refractivity (Wildman–Crippen MR) is 91.6 cm³/mol. The number of carbonyl (C=O) groups is 2. The van der Waals surface area contributed by atoms with E-state index in [0.717, 1.165) is 11.1 Å². The number of hydrogen-bond donors (Lipinski definition) is 1. The molecular weight excluding hydrogens is 308 g/mol. The first-order valence-corrected chi connectivity index (χ1v) is 8.01. The molecule has 0 bridgehead atoms. The van der Waals surface area contributed by atoms with Crippen molar-refractivity contribution in [3.8, 4) is 0 Å². The summed E-state index contributed by atoms with van der Waals surface area (Å²) in [7, 11) is 0. The van der Waals surface area contributed by atoms with E-state index in [2.05, 4.69) is 12.6 Å². The van der Waals surface area contributed by atoms with Crippen molar-refractivity contribution in [2.45, 2.75) is 18.5 Å². The SMILES string of the molecule is O=C1C(S)N(Cc2ccccc2)C(=O)CN1Cc1ccccc1. The van der Waals surface area contributed by atoms with Gasteiger partial charge in [0.2, 0.25) is 5.91 Å². The molecule has 4 nitrogen and oxygen atoms in total. The zero-order chi connectivity index (χ0) is 16.2. The molecule has 1 aliphatic rings. The van der Waals surface area contributed by atoms with Crippen LogP contribution in [0.15, 0.2) is 60.7 Å². The van der Waals surface area contributed by atoms with E-state index in [4.69, 9.17) is 0 Å². The summed E-state index contributed by atoms with van der Waals surface area (Å²) < 4.78 is 0. The standard InChI is InChI=1S/C18H18N2O2S/c21-16-13-19(11-14-7-3-1-4-8-14)17(22)18(23)20(16)12-15-9-5-2-6-10-15/h1-10,18,23H,11-13H2. The highest BCUT2D eigenvalue weighted by Crippen LogP contribution is 2.20. The first-order valence-electron chi connectivity index (χ1n) is 7.49. The summed E-state index contributed by atoms with van der Waals surface area (Å²) >= 11 is 4.38. The second kappa shape index (κ2) is 6.87. The Hall–Kier alpha value is -2.27. The molecule has 1 heterocycles. The van der Waals surface area contributed by atoms with Crippen LogP contribution in [-0.2, 0) is 22.7 Å². The van der Waals surface area contributed by atoms with Gasteiger partial charge in [-0.3, -0.25) is 9.59 Å². The van der Waals surface area contributed by atoms with E-state index in [1.807, 2.05) is 60.7 Å². The van der Waals surface area contributed by atoms with Crippen LogP contribution in [0.4, 0.5) is 0 Å². The molecule has 1 saturated heterocycles. The molecular formula is C18H18N2O2S. The maximum atomic E-state index is 12.5. The van der Waals surface area contributed by atoms with E-state index in [9.17, 15) is 9.59 Å². The van der Waals surface area contributed by atoms with Crippen LogP contribution in [0, 0.1) is 0 Å². The lowest BCUT2D eigenvalue weighted by atomic mass is 10.1. The van der Waals surface area contributed by atoms with Gasteiger partial charge in [0.15, 0.2) is 5.37 Å². The highest BCUT2D eigenvalue weighted by molar-refractivity contribution is 7.81. The van der Waals surface area contributed by atoms with Gasteiger partial charge in [-0.2, -0.15) is 0 Å². The quantitative estimate of drug-likeness (QED) is 0.876. The van der Waals surface area contributed by atoms with Gasteiger partial charge >= 0.3 is 0 Å². The van der Waals surface area contributed by atoms with Gasteiger partial charge in [-0.25, -0.2) is 0 Å². The zero-order valence-corrected chi connectivity index (χ0v) is 13.5. The van der Waals surface area contributed by atoms with Gasteiger partial charge in [-0.15, -0.1) is 12.6 Å². The smallest absolute Gasteiger partial charge is 0.256 e. The minimum atomic E-state index is -0.736. The number of amides is 2. The van der Waals surface area contributed by atoms with E-state index in [1.54, 1.807) is 4.90 Å². The molecule has 1 atom stereocenters. The van der Waals surface area contributed by atoms with Gasteiger partial charge in [-0.1, -0.05) is 60.7 Å². The minimum Gasteiger partial charge on any atom is -0.327 e. The second-order valence-electron chi connectivity index (χ2n) is 5.56. The summed E-state index contributed by atoms with van der Waals surface area (Å²) in [5.74, 6) is -0.211. The van der Waals surface area contributed by atoms with Crippen molar-refractivity contribution in [2.75, 3.05) is 6.54 Å². The Morgan fingerprint density at radius 1 is 0.870 bits per heavy atom. The molecule has 0 saturated carbocycles. The molecule has 3 rings (SSSR count). The number of rotatable bonds is 4. The molecule has 2 amide bonds. The predicted octanol–water partition coefficient (Wildman–Crippen LogP) is 2.31. The normalized spacial score (nSPS) is 18.4. The van der Waals surface area contributed by atoms with Crippen LogP contribution in [0.2, 0.25) is 0 Å². The van der Waals surface area contributed by atoms with E-state index in [0.29, 0.717) is 13.1 Å². The van der Waals surface area contributed by atoms with Gasteiger partial charge in [0.1, 0.15) is 6.54 Å². The van der Waals surface area contributed by atoms with E-state index in [-0.39, 0.29) is 18.4 Å². The number of benzene rings is 2. The van der Waals surface area contributed by atoms with Crippen LogP contribution in [0.1, 0.15) is 11.1 Å². The topological polar surface area (TPSA) is 40.6 Å². The molecule has 0 aliphatic carbocycles. The summed E-state index contributed by atoms with van der Waals surface area (Å²) in [5.41, 5.74) is 2.00. The average molecular weight is 326 g/mol. The third-order valence-corrected chi connectivity index (χ3v) is 4.39. The first-order chi connectivity index (χ1) is 11.1. The Bertz CT molecular complexity index is 691. The van der Waals surface area contributed by atoms with Crippen molar-refractivity contribution in [3.05, 3.63) is 71.8 Å². The molecule has 1 unspecified atom stereocenters. The van der Waals surface area contributed by atoms with Crippen molar-refractivity contribution in [2.24, 2.45) is 0 Å². The molecule has 0 spiro atoms.